The van der Waals surface area contributed by atoms with Crippen LogP contribution in [0.1, 0.15) is 65.2 Å². The number of aromatic nitrogens is 3. The minimum absolute atomic E-state index is 0.00606. The van der Waals surface area contributed by atoms with E-state index in [1.807, 2.05) is 6.08 Å². The van der Waals surface area contributed by atoms with Gasteiger partial charge in [0, 0.05) is 88.6 Å². The number of nitrogens with one attached hydrogen (secondary N) is 3. The molecule has 2 fully saturated rings. The number of fused-ring (bicyclic) bond motifs is 1. The number of rotatable bonds is 11. The van der Waals surface area contributed by atoms with Crippen molar-refractivity contribution in [2.75, 3.05) is 57.6 Å². The molecule has 3 aromatic carbocycles. The number of methoxy groups -OCH3 is 1. The van der Waals surface area contributed by atoms with Crippen LogP contribution in [-0.2, 0) is 20.9 Å². The number of benzene rings is 3. The number of anilines is 2. The fourth-order valence-corrected chi connectivity index (χ4v) is 8.87. The number of halogens is 4. The van der Waals surface area contributed by atoms with Crippen LogP contribution in [0, 0.1) is 18.6 Å². The van der Waals surface area contributed by atoms with Gasteiger partial charge in [0.15, 0.2) is 5.82 Å². The van der Waals surface area contributed by atoms with Crippen molar-refractivity contribution >= 4 is 51.5 Å². The largest absolute Gasteiger partial charge is 0.495 e. The first-order chi connectivity index (χ1) is 30.1. The number of aromatic amines is 1. The lowest BCUT2D eigenvalue weighted by Gasteiger charge is -2.40. The molecule has 0 aliphatic carbocycles. The molecule has 5 aromatic rings. The van der Waals surface area contributed by atoms with Gasteiger partial charge in [-0.1, -0.05) is 24.3 Å². The Hall–Kier alpha value is -6.65. The number of hydrogen-bond donors (Lipinski definition) is 3. The summed E-state index contributed by atoms with van der Waals surface area (Å²) in [7, 11) is 4.54. The minimum atomic E-state index is -3.29. The normalized spacial score (nSPS) is 18.9. The predicted octanol–water partition coefficient (Wildman–Crippen LogP) is 6.88. The second-order valence-corrected chi connectivity index (χ2v) is 16.6. The maximum atomic E-state index is 16.7. The fourth-order valence-electron chi connectivity index (χ4n) is 8.87. The van der Waals surface area contributed by atoms with E-state index in [0.29, 0.717) is 52.7 Å². The molecule has 1 unspecified atom stereocenters. The van der Waals surface area contributed by atoms with Gasteiger partial charge in [-0.3, -0.25) is 29.2 Å². The first-order valence-corrected chi connectivity index (χ1v) is 20.8. The van der Waals surface area contributed by atoms with Crippen molar-refractivity contribution < 1.29 is 41.5 Å². The van der Waals surface area contributed by atoms with Gasteiger partial charge in [0.25, 0.3) is 11.8 Å². The second-order valence-electron chi connectivity index (χ2n) is 16.6. The highest BCUT2D eigenvalue weighted by Gasteiger charge is 2.46. The molecule has 0 saturated carbocycles. The van der Waals surface area contributed by atoms with Crippen LogP contribution in [0.4, 0.5) is 28.9 Å². The average molecular weight is 869 g/mol. The summed E-state index contributed by atoms with van der Waals surface area (Å²) in [4.78, 5) is 57.7. The van der Waals surface area contributed by atoms with Gasteiger partial charge in [0.2, 0.25) is 17.7 Å². The van der Waals surface area contributed by atoms with Crippen LogP contribution in [0.25, 0.3) is 27.6 Å². The molecular weight excluding hydrogens is 821 g/mol. The van der Waals surface area contributed by atoms with Gasteiger partial charge < -0.3 is 29.7 Å². The third-order valence-electron chi connectivity index (χ3n) is 12.2. The first-order valence-electron chi connectivity index (χ1n) is 20.8. The van der Waals surface area contributed by atoms with E-state index >= 15 is 17.6 Å². The summed E-state index contributed by atoms with van der Waals surface area (Å²) < 4.78 is 72.1. The zero-order valence-electron chi connectivity index (χ0n) is 35.4. The molecule has 5 heterocycles. The third kappa shape index (κ3) is 8.60. The summed E-state index contributed by atoms with van der Waals surface area (Å²) in [6.45, 7) is 2.19. The highest BCUT2D eigenvalue weighted by Crippen LogP contribution is 2.45. The average Bonchev–Trinajstić information content (AvgIpc) is 3.95. The Balaban J connectivity index is 1.06. The summed E-state index contributed by atoms with van der Waals surface area (Å²) >= 11 is 0. The SMILES string of the molecule is COc1cc(N2CC[C@H](c3ccc(-c4cc(C5=CCCN(C(=O)CCn6cccn6)C5)c(F)c5[nH]c(C(=O)N(C)C)cc45)c(C)c3)C(F)(F)C2)c(F)cc1NC1CCC(=O)NC1=O. The number of amides is 4. The van der Waals surface area contributed by atoms with E-state index in [-0.39, 0.29) is 84.5 Å². The number of aryl methyl sites for hydroxylation is 2. The topological polar surface area (TPSA) is 145 Å². The Morgan fingerprint density at radius 2 is 1.84 bits per heavy atom. The molecule has 8 rings (SSSR count). The number of nitrogens with zero attached hydrogens (tertiary/aromatic N) is 5. The van der Waals surface area contributed by atoms with Gasteiger partial charge in [-0.15, -0.1) is 0 Å². The van der Waals surface area contributed by atoms with Crippen molar-refractivity contribution in [1.29, 1.82) is 0 Å². The number of piperidine rings is 2. The van der Waals surface area contributed by atoms with Gasteiger partial charge in [0.1, 0.15) is 23.3 Å². The Morgan fingerprint density at radius 1 is 1.03 bits per heavy atom. The van der Waals surface area contributed by atoms with Gasteiger partial charge in [-0.2, -0.15) is 5.10 Å². The smallest absolute Gasteiger partial charge is 0.272 e. The molecular formula is C46H48F4N8O5. The molecule has 3 aliphatic rings. The lowest BCUT2D eigenvalue weighted by molar-refractivity contribution is -0.134. The fraction of sp³-hybridized carbons (Fsp3) is 0.370. The zero-order chi connectivity index (χ0) is 44.7. The number of imide groups is 1. The predicted molar refractivity (Wildman–Crippen MR) is 230 cm³/mol. The molecule has 4 amide bonds. The molecule has 2 saturated heterocycles. The number of carbonyl (C=O) groups excluding carboxylic acids is 4. The van der Waals surface area contributed by atoms with Crippen LogP contribution >= 0.6 is 0 Å². The van der Waals surface area contributed by atoms with E-state index in [9.17, 15) is 19.2 Å². The first kappa shape index (κ1) is 43.0. The molecule has 2 aromatic heterocycles. The van der Waals surface area contributed by atoms with Crippen LogP contribution in [0.2, 0.25) is 0 Å². The summed E-state index contributed by atoms with van der Waals surface area (Å²) in [6.07, 6.45) is 6.39. The molecule has 63 heavy (non-hydrogen) atoms. The standard InChI is InChI=1S/C46H48F4N8O5/c1-26-19-27(33-12-17-57(25-46(33,49)50)38-23-39(63-4)36(22-34(38)47)52-35-10-11-40(59)54-44(35)61)8-9-29(26)31-20-30(42(48)43-32(31)21-37(53-43)45(62)55(2)3)28-7-5-15-56(24-28)41(60)13-18-58-16-6-14-51-58/h6-9,14,16,19-23,33,35,52-53H,5,10-13,15,17-18,24-25H2,1-4H3,(H,54,59,61)/t33-,35?/m1/s1. The highest BCUT2D eigenvalue weighted by molar-refractivity contribution is 6.05. The quantitative estimate of drug-likeness (QED) is 0.0964. The van der Waals surface area contributed by atoms with Crippen molar-refractivity contribution in [1.82, 2.24) is 29.9 Å². The van der Waals surface area contributed by atoms with Gasteiger partial charge in [0.05, 0.1) is 36.5 Å². The molecule has 3 aliphatic heterocycles. The van der Waals surface area contributed by atoms with Crippen molar-refractivity contribution in [3.63, 3.8) is 0 Å². The Kier molecular flexibility index (Phi) is 11.8. The summed E-state index contributed by atoms with van der Waals surface area (Å²) in [5.41, 5.74) is 3.51. The number of hydrogen-bond acceptors (Lipinski definition) is 8. The lowest BCUT2D eigenvalue weighted by Crippen LogP contribution is -2.48. The third-order valence-corrected chi connectivity index (χ3v) is 12.2. The Bertz CT molecular complexity index is 2640. The van der Waals surface area contributed by atoms with Crippen molar-refractivity contribution in [3.05, 3.63) is 101 Å². The van der Waals surface area contributed by atoms with Crippen LogP contribution in [0.5, 0.6) is 5.75 Å². The van der Waals surface area contributed by atoms with E-state index in [2.05, 4.69) is 20.7 Å². The van der Waals surface area contributed by atoms with Crippen LogP contribution < -0.4 is 20.3 Å². The monoisotopic (exact) mass is 868 g/mol. The maximum Gasteiger partial charge on any atom is 0.272 e. The minimum Gasteiger partial charge on any atom is -0.495 e. The summed E-state index contributed by atoms with van der Waals surface area (Å²) in [6, 6.07) is 11.8. The second kappa shape index (κ2) is 17.3. The van der Waals surface area contributed by atoms with E-state index < -0.39 is 47.9 Å². The molecule has 2 atom stereocenters. The molecule has 0 spiro atoms. The highest BCUT2D eigenvalue weighted by atomic mass is 19.3. The maximum absolute atomic E-state index is 16.7. The van der Waals surface area contributed by atoms with Crippen molar-refractivity contribution in [3.8, 4) is 16.9 Å². The Labute approximate surface area is 361 Å². The molecule has 13 nitrogen and oxygen atoms in total. The van der Waals surface area contributed by atoms with Gasteiger partial charge in [-0.05, 0) is 72.2 Å². The van der Waals surface area contributed by atoms with E-state index in [0.717, 1.165) is 6.07 Å². The van der Waals surface area contributed by atoms with Crippen molar-refractivity contribution in [2.45, 2.75) is 63.5 Å². The summed E-state index contributed by atoms with van der Waals surface area (Å²) in [5, 5.41) is 9.76. The van der Waals surface area contributed by atoms with Crippen LogP contribution in [0.15, 0.2) is 67.0 Å². The van der Waals surface area contributed by atoms with Gasteiger partial charge >= 0.3 is 0 Å². The zero-order valence-corrected chi connectivity index (χ0v) is 35.4. The number of ether oxygens (including phenoxy) is 1. The molecule has 0 radical (unpaired) electrons. The molecule has 17 heteroatoms. The van der Waals surface area contributed by atoms with E-state index in [1.54, 1.807) is 79.4 Å². The van der Waals surface area contributed by atoms with E-state index in [4.69, 9.17) is 4.74 Å². The molecule has 330 valence electrons. The lowest BCUT2D eigenvalue weighted by atomic mass is 9.83. The Morgan fingerprint density at radius 3 is 2.54 bits per heavy atom. The van der Waals surface area contributed by atoms with E-state index in [1.165, 1.54) is 23.0 Å². The van der Waals surface area contributed by atoms with Crippen LogP contribution in [0.3, 0.4) is 0 Å². The van der Waals surface area contributed by atoms with Crippen LogP contribution in [-0.4, -0.2) is 108 Å². The number of alkyl halides is 2. The number of carbonyl (C=O) groups is 4. The number of H-pyrrole nitrogens is 1. The molecule has 3 N–H and O–H groups in total. The van der Waals surface area contributed by atoms with Gasteiger partial charge in [-0.25, -0.2) is 17.6 Å². The van der Waals surface area contributed by atoms with Crippen molar-refractivity contribution in [2.24, 2.45) is 0 Å². The molecule has 0 bridgehead atoms. The summed E-state index contributed by atoms with van der Waals surface area (Å²) in [5.74, 6) is -7.09.